The third kappa shape index (κ3) is 5.16. The molecule has 0 spiro atoms. The van der Waals surface area contributed by atoms with Crippen LogP contribution in [0.5, 0.6) is 0 Å². The summed E-state index contributed by atoms with van der Waals surface area (Å²) in [5, 5.41) is 12.9. The number of ether oxygens (including phenoxy) is 1. The molecule has 0 bridgehead atoms. The highest BCUT2D eigenvalue weighted by molar-refractivity contribution is 6.43. The number of aryl methyl sites for hydroxylation is 1. The zero-order valence-electron chi connectivity index (χ0n) is 15.0. The van der Waals surface area contributed by atoms with Gasteiger partial charge in [-0.3, -0.25) is 0 Å². The van der Waals surface area contributed by atoms with Gasteiger partial charge in [0.25, 0.3) is 0 Å². The first-order valence-corrected chi connectivity index (χ1v) is 9.39. The minimum atomic E-state index is 0.435. The van der Waals surface area contributed by atoms with Gasteiger partial charge in [0.15, 0.2) is 11.6 Å². The Bertz CT molecular complexity index is 890. The van der Waals surface area contributed by atoms with Crippen molar-refractivity contribution in [3.8, 4) is 11.3 Å². The summed E-state index contributed by atoms with van der Waals surface area (Å²) in [6, 6.07) is 15.5. The lowest BCUT2D eigenvalue weighted by Crippen LogP contribution is -2.09. The molecule has 3 aromatic rings. The summed E-state index contributed by atoms with van der Waals surface area (Å²) in [6.45, 7) is 1.26. The van der Waals surface area contributed by atoms with E-state index in [2.05, 4.69) is 20.5 Å². The Balaban J connectivity index is 1.92. The lowest BCUT2D eigenvalue weighted by atomic mass is 10.1. The molecule has 0 aliphatic heterocycles. The van der Waals surface area contributed by atoms with Gasteiger partial charge in [-0.15, -0.1) is 10.2 Å². The predicted octanol–water partition coefficient (Wildman–Crippen LogP) is 5.04. The van der Waals surface area contributed by atoms with Gasteiger partial charge in [0.2, 0.25) is 0 Å². The highest BCUT2D eigenvalue weighted by Gasteiger charge is 2.16. The normalized spacial score (nSPS) is 10.8. The van der Waals surface area contributed by atoms with Crippen LogP contribution < -0.4 is 5.32 Å². The number of hydrogen-bond donors (Lipinski definition) is 1. The van der Waals surface area contributed by atoms with Gasteiger partial charge < -0.3 is 10.1 Å². The lowest BCUT2D eigenvalue weighted by Gasteiger charge is -2.13. The summed E-state index contributed by atoms with van der Waals surface area (Å²) < 4.78 is 5.10. The first-order chi connectivity index (χ1) is 13.2. The molecule has 140 valence electrons. The molecular formula is C20H20Cl2N4O. The molecule has 3 rings (SSSR count). The molecule has 0 fully saturated rings. The van der Waals surface area contributed by atoms with Crippen molar-refractivity contribution in [2.24, 2.45) is 0 Å². The number of aromatic nitrogens is 3. The van der Waals surface area contributed by atoms with Crippen LogP contribution in [-0.4, -0.2) is 28.9 Å². The molecule has 0 saturated heterocycles. The number of hydrogen-bond acceptors (Lipinski definition) is 5. The average Bonchev–Trinajstić information content (AvgIpc) is 2.70. The van der Waals surface area contributed by atoms with Crippen molar-refractivity contribution in [3.63, 3.8) is 0 Å². The predicted molar refractivity (Wildman–Crippen MR) is 109 cm³/mol. The molecular weight excluding hydrogens is 383 g/mol. The molecule has 2 aromatic carbocycles. The Labute approximate surface area is 168 Å². The summed E-state index contributed by atoms with van der Waals surface area (Å²) in [6.07, 6.45) is 1.51. The van der Waals surface area contributed by atoms with Crippen LogP contribution in [0.25, 0.3) is 11.3 Å². The monoisotopic (exact) mass is 402 g/mol. The number of anilines is 1. The number of nitrogens with one attached hydrogen (secondary N) is 1. The van der Waals surface area contributed by atoms with Gasteiger partial charge in [-0.1, -0.05) is 65.7 Å². The zero-order chi connectivity index (χ0) is 19.1. The Kier molecular flexibility index (Phi) is 6.98. The van der Waals surface area contributed by atoms with Crippen molar-refractivity contribution < 1.29 is 4.74 Å². The summed E-state index contributed by atoms with van der Waals surface area (Å²) >= 11 is 12.6. The van der Waals surface area contributed by atoms with E-state index < -0.39 is 0 Å². The summed E-state index contributed by atoms with van der Waals surface area (Å²) in [5.41, 5.74) is 2.41. The number of methoxy groups -OCH3 is 1. The topological polar surface area (TPSA) is 59.9 Å². The molecule has 5 nitrogen and oxygen atoms in total. The molecule has 1 aromatic heterocycles. The second-order valence-corrected chi connectivity index (χ2v) is 6.75. The summed E-state index contributed by atoms with van der Waals surface area (Å²) in [7, 11) is 1.68. The Hall–Kier alpha value is -2.21. The van der Waals surface area contributed by atoms with Crippen molar-refractivity contribution >= 4 is 29.0 Å². The van der Waals surface area contributed by atoms with E-state index in [9.17, 15) is 0 Å². The molecule has 1 N–H and O–H groups in total. The van der Waals surface area contributed by atoms with Crippen LogP contribution >= 0.6 is 23.2 Å². The molecule has 0 aliphatic carbocycles. The maximum Gasteiger partial charge on any atom is 0.157 e. The second kappa shape index (κ2) is 9.65. The number of halogens is 2. The molecule has 0 saturated carbocycles. The lowest BCUT2D eigenvalue weighted by molar-refractivity contribution is 0.194. The molecule has 0 radical (unpaired) electrons. The van der Waals surface area contributed by atoms with Gasteiger partial charge >= 0.3 is 0 Å². The molecule has 1 heterocycles. The maximum absolute atomic E-state index is 6.39. The van der Waals surface area contributed by atoms with Crippen molar-refractivity contribution in [1.82, 2.24) is 15.2 Å². The second-order valence-electron chi connectivity index (χ2n) is 5.96. The first kappa shape index (κ1) is 19.5. The van der Waals surface area contributed by atoms with Crippen LogP contribution in [0.1, 0.15) is 17.8 Å². The van der Waals surface area contributed by atoms with Gasteiger partial charge in [-0.05, 0) is 18.1 Å². The summed E-state index contributed by atoms with van der Waals surface area (Å²) in [5.74, 6) is 1.29. The SMILES string of the molecule is COCCCc1nnc(-c2cccc(Cl)c2Cl)c(NCc2ccccc2)n1. The molecule has 0 atom stereocenters. The summed E-state index contributed by atoms with van der Waals surface area (Å²) in [4.78, 5) is 4.66. The maximum atomic E-state index is 6.39. The fourth-order valence-electron chi connectivity index (χ4n) is 2.61. The van der Waals surface area contributed by atoms with E-state index in [0.717, 1.165) is 12.0 Å². The highest BCUT2D eigenvalue weighted by atomic mass is 35.5. The Morgan fingerprint density at radius 1 is 1.00 bits per heavy atom. The largest absolute Gasteiger partial charge is 0.385 e. The van der Waals surface area contributed by atoms with Crippen molar-refractivity contribution in [3.05, 3.63) is 70.0 Å². The average molecular weight is 403 g/mol. The Morgan fingerprint density at radius 3 is 2.59 bits per heavy atom. The van der Waals surface area contributed by atoms with E-state index in [1.165, 1.54) is 0 Å². The van der Waals surface area contributed by atoms with E-state index in [0.29, 0.717) is 52.5 Å². The van der Waals surface area contributed by atoms with E-state index >= 15 is 0 Å². The van der Waals surface area contributed by atoms with Crippen LogP contribution in [0, 0.1) is 0 Å². The molecule has 0 aliphatic rings. The van der Waals surface area contributed by atoms with Crippen LogP contribution in [0.4, 0.5) is 5.82 Å². The van der Waals surface area contributed by atoms with Crippen molar-refractivity contribution in [2.45, 2.75) is 19.4 Å². The van der Waals surface area contributed by atoms with Gasteiger partial charge in [0.1, 0.15) is 5.69 Å². The van der Waals surface area contributed by atoms with Crippen LogP contribution in [0.2, 0.25) is 10.0 Å². The smallest absolute Gasteiger partial charge is 0.157 e. The zero-order valence-corrected chi connectivity index (χ0v) is 16.5. The minimum absolute atomic E-state index is 0.435. The molecule has 0 amide bonds. The third-order valence-electron chi connectivity index (χ3n) is 3.99. The molecule has 7 heteroatoms. The van der Waals surface area contributed by atoms with Gasteiger partial charge in [-0.2, -0.15) is 0 Å². The molecule has 27 heavy (non-hydrogen) atoms. The van der Waals surface area contributed by atoms with E-state index in [1.54, 1.807) is 13.2 Å². The number of rotatable bonds is 8. The van der Waals surface area contributed by atoms with E-state index in [1.807, 2.05) is 42.5 Å². The highest BCUT2D eigenvalue weighted by Crippen LogP contribution is 2.35. The Morgan fingerprint density at radius 2 is 1.81 bits per heavy atom. The third-order valence-corrected chi connectivity index (χ3v) is 4.81. The fourth-order valence-corrected chi connectivity index (χ4v) is 3.00. The minimum Gasteiger partial charge on any atom is -0.385 e. The standard InChI is InChI=1S/C20H20Cl2N4O/c1-27-12-6-11-17-24-20(23-13-14-7-3-2-4-8-14)19(26-25-17)15-9-5-10-16(21)18(15)22/h2-5,7-10H,6,11-13H2,1H3,(H,23,24,25). The first-order valence-electron chi connectivity index (χ1n) is 8.63. The number of nitrogens with zero attached hydrogens (tertiary/aromatic N) is 3. The van der Waals surface area contributed by atoms with Gasteiger partial charge in [0, 0.05) is 32.2 Å². The van der Waals surface area contributed by atoms with Crippen molar-refractivity contribution in [1.29, 1.82) is 0 Å². The molecule has 0 unspecified atom stereocenters. The van der Waals surface area contributed by atoms with Crippen LogP contribution in [-0.2, 0) is 17.7 Å². The van der Waals surface area contributed by atoms with Crippen LogP contribution in [0.3, 0.4) is 0 Å². The van der Waals surface area contributed by atoms with Crippen molar-refractivity contribution in [2.75, 3.05) is 19.0 Å². The van der Waals surface area contributed by atoms with Crippen LogP contribution in [0.15, 0.2) is 48.5 Å². The van der Waals surface area contributed by atoms with Gasteiger partial charge in [-0.25, -0.2) is 4.98 Å². The number of benzene rings is 2. The van der Waals surface area contributed by atoms with E-state index in [4.69, 9.17) is 27.9 Å². The quantitative estimate of drug-likeness (QED) is 0.534. The van der Waals surface area contributed by atoms with E-state index in [-0.39, 0.29) is 0 Å². The van der Waals surface area contributed by atoms with Gasteiger partial charge in [0.05, 0.1) is 10.0 Å². The fraction of sp³-hybridized carbons (Fsp3) is 0.250.